The molecule has 31 heavy (non-hydrogen) atoms. The largest absolute Gasteiger partial charge is 0.493 e. The molecule has 2 heterocycles. The van der Waals surface area contributed by atoms with Crippen LogP contribution in [0.2, 0.25) is 5.02 Å². The summed E-state index contributed by atoms with van der Waals surface area (Å²) in [4.78, 5) is 4.74. The van der Waals surface area contributed by atoms with E-state index in [-0.39, 0.29) is 17.4 Å². The summed E-state index contributed by atoms with van der Waals surface area (Å²) >= 11 is 5.89. The van der Waals surface area contributed by atoms with E-state index >= 15 is 0 Å². The average molecular weight is 464 g/mol. The standard InChI is InChI=1S/C21H22ClN3O5S/c1-28-18-10-5-14(12-19(18)29-2)20-23-21(30-24-20)15-4-3-11-25(13-15)31(26,27)17-8-6-16(22)7-9-17/h5-10,12,15H,3-4,11,13H2,1-2H3/t15-/m1/s1. The maximum absolute atomic E-state index is 13.0. The van der Waals surface area contributed by atoms with Crippen LogP contribution in [0.3, 0.4) is 0 Å². The van der Waals surface area contributed by atoms with Gasteiger partial charge in [-0.05, 0) is 55.3 Å². The monoisotopic (exact) mass is 463 g/mol. The predicted molar refractivity (Wildman–Crippen MR) is 115 cm³/mol. The molecule has 10 heteroatoms. The van der Waals surface area contributed by atoms with Gasteiger partial charge in [0.2, 0.25) is 21.7 Å². The number of methoxy groups -OCH3 is 2. The number of sulfonamides is 1. The zero-order valence-corrected chi connectivity index (χ0v) is 18.7. The highest BCUT2D eigenvalue weighted by atomic mass is 35.5. The molecule has 3 aromatic rings. The van der Waals surface area contributed by atoms with Gasteiger partial charge in [0.1, 0.15) is 0 Å². The molecule has 8 nitrogen and oxygen atoms in total. The summed E-state index contributed by atoms with van der Waals surface area (Å²) in [6.07, 6.45) is 1.46. The number of ether oxygens (including phenoxy) is 2. The van der Waals surface area contributed by atoms with Crippen LogP contribution in [-0.2, 0) is 10.0 Å². The first-order valence-electron chi connectivity index (χ1n) is 9.74. The minimum atomic E-state index is -3.63. The van der Waals surface area contributed by atoms with Crippen LogP contribution in [0.5, 0.6) is 11.5 Å². The second-order valence-corrected chi connectivity index (χ2v) is 9.56. The fourth-order valence-electron chi connectivity index (χ4n) is 3.61. The molecule has 1 aliphatic heterocycles. The molecule has 0 amide bonds. The molecule has 1 fully saturated rings. The Morgan fingerprint density at radius 1 is 1.10 bits per heavy atom. The lowest BCUT2D eigenvalue weighted by Crippen LogP contribution is -2.39. The van der Waals surface area contributed by atoms with Gasteiger partial charge in [-0.3, -0.25) is 0 Å². The number of rotatable bonds is 6. The summed E-state index contributed by atoms with van der Waals surface area (Å²) < 4.78 is 43.6. The van der Waals surface area contributed by atoms with E-state index in [0.717, 1.165) is 6.42 Å². The van der Waals surface area contributed by atoms with Crippen molar-refractivity contribution < 1.29 is 22.4 Å². The molecule has 164 valence electrons. The normalized spacial score (nSPS) is 17.5. The number of benzene rings is 2. The highest BCUT2D eigenvalue weighted by molar-refractivity contribution is 7.89. The van der Waals surface area contributed by atoms with Crippen LogP contribution in [0, 0.1) is 0 Å². The summed E-state index contributed by atoms with van der Waals surface area (Å²) in [6.45, 7) is 0.719. The Labute approximate surface area is 185 Å². The Bertz CT molecular complexity index is 1160. The summed E-state index contributed by atoms with van der Waals surface area (Å²) in [6, 6.07) is 11.5. The fraction of sp³-hybridized carbons (Fsp3) is 0.333. The zero-order chi connectivity index (χ0) is 22.0. The van der Waals surface area contributed by atoms with E-state index in [0.29, 0.717) is 46.8 Å². The first-order chi connectivity index (χ1) is 14.9. The van der Waals surface area contributed by atoms with E-state index in [9.17, 15) is 8.42 Å². The van der Waals surface area contributed by atoms with E-state index in [1.807, 2.05) is 6.07 Å². The third-order valence-electron chi connectivity index (χ3n) is 5.27. The molecule has 0 radical (unpaired) electrons. The van der Waals surface area contributed by atoms with Gasteiger partial charge in [-0.25, -0.2) is 8.42 Å². The van der Waals surface area contributed by atoms with Crippen molar-refractivity contribution in [3.8, 4) is 22.9 Å². The fourth-order valence-corrected chi connectivity index (χ4v) is 5.26. The molecule has 1 atom stereocenters. The van der Waals surface area contributed by atoms with Crippen molar-refractivity contribution >= 4 is 21.6 Å². The predicted octanol–water partition coefficient (Wildman–Crippen LogP) is 3.98. The van der Waals surface area contributed by atoms with Crippen molar-refractivity contribution in [3.05, 3.63) is 53.4 Å². The van der Waals surface area contributed by atoms with E-state index < -0.39 is 10.0 Å². The smallest absolute Gasteiger partial charge is 0.243 e. The van der Waals surface area contributed by atoms with Crippen LogP contribution in [0.1, 0.15) is 24.7 Å². The van der Waals surface area contributed by atoms with Crippen molar-refractivity contribution in [1.82, 2.24) is 14.4 Å². The number of hydrogen-bond donors (Lipinski definition) is 0. The lowest BCUT2D eigenvalue weighted by atomic mass is 10.00. The summed E-state index contributed by atoms with van der Waals surface area (Å²) in [5.41, 5.74) is 0.717. The minimum Gasteiger partial charge on any atom is -0.493 e. The van der Waals surface area contributed by atoms with Gasteiger partial charge in [0.05, 0.1) is 25.0 Å². The molecule has 0 N–H and O–H groups in total. The van der Waals surface area contributed by atoms with Crippen molar-refractivity contribution in [3.63, 3.8) is 0 Å². The second-order valence-electron chi connectivity index (χ2n) is 7.18. The van der Waals surface area contributed by atoms with Gasteiger partial charge in [0.25, 0.3) is 0 Å². The summed E-state index contributed by atoms with van der Waals surface area (Å²) in [7, 11) is -0.504. The van der Waals surface area contributed by atoms with Gasteiger partial charge in [-0.15, -0.1) is 0 Å². The topological polar surface area (TPSA) is 94.8 Å². The zero-order valence-electron chi connectivity index (χ0n) is 17.1. The van der Waals surface area contributed by atoms with Gasteiger partial charge in [0.15, 0.2) is 11.5 Å². The Balaban J connectivity index is 1.55. The van der Waals surface area contributed by atoms with E-state index in [2.05, 4.69) is 10.1 Å². The Morgan fingerprint density at radius 2 is 1.84 bits per heavy atom. The summed E-state index contributed by atoms with van der Waals surface area (Å²) in [5.74, 6) is 1.81. The highest BCUT2D eigenvalue weighted by Crippen LogP contribution is 2.33. The van der Waals surface area contributed by atoms with Crippen LogP contribution in [0.25, 0.3) is 11.4 Å². The SMILES string of the molecule is COc1ccc(-c2noc([C@@H]3CCCN(S(=O)(=O)c4ccc(Cl)cc4)C3)n2)cc1OC. The van der Waals surface area contributed by atoms with Crippen LogP contribution >= 0.6 is 11.6 Å². The summed E-state index contributed by atoms with van der Waals surface area (Å²) in [5, 5.41) is 4.57. The molecule has 2 aromatic carbocycles. The molecular formula is C21H22ClN3O5S. The number of aromatic nitrogens is 2. The Hall–Kier alpha value is -2.62. The molecule has 4 rings (SSSR count). The Morgan fingerprint density at radius 3 is 2.55 bits per heavy atom. The third kappa shape index (κ3) is 4.39. The molecular weight excluding hydrogens is 442 g/mol. The molecule has 1 saturated heterocycles. The van der Waals surface area contributed by atoms with Crippen molar-refractivity contribution in [2.24, 2.45) is 0 Å². The van der Waals surface area contributed by atoms with E-state index in [1.54, 1.807) is 38.5 Å². The molecule has 0 saturated carbocycles. The van der Waals surface area contributed by atoms with Gasteiger partial charge >= 0.3 is 0 Å². The average Bonchev–Trinajstić information content (AvgIpc) is 3.29. The molecule has 1 aromatic heterocycles. The van der Waals surface area contributed by atoms with Gasteiger partial charge in [-0.2, -0.15) is 9.29 Å². The second kappa shape index (κ2) is 8.86. The number of halogens is 1. The Kier molecular flexibility index (Phi) is 6.17. The minimum absolute atomic E-state index is 0.183. The highest BCUT2D eigenvalue weighted by Gasteiger charge is 2.33. The van der Waals surface area contributed by atoms with Crippen LogP contribution in [-0.4, -0.2) is 50.2 Å². The molecule has 0 unspecified atom stereocenters. The molecule has 0 bridgehead atoms. The third-order valence-corrected chi connectivity index (χ3v) is 7.40. The first-order valence-corrected chi connectivity index (χ1v) is 11.6. The first kappa shape index (κ1) is 21.6. The number of nitrogens with zero attached hydrogens (tertiary/aromatic N) is 3. The van der Waals surface area contributed by atoms with Gasteiger partial charge in [0, 0.05) is 23.7 Å². The quantitative estimate of drug-likeness (QED) is 0.545. The number of piperidine rings is 1. The van der Waals surface area contributed by atoms with Crippen molar-refractivity contribution in [2.45, 2.75) is 23.7 Å². The lowest BCUT2D eigenvalue weighted by Gasteiger charge is -2.30. The van der Waals surface area contributed by atoms with Crippen LogP contribution in [0.15, 0.2) is 51.9 Å². The molecule has 0 spiro atoms. The van der Waals surface area contributed by atoms with Gasteiger partial charge < -0.3 is 14.0 Å². The number of hydrogen-bond acceptors (Lipinski definition) is 7. The molecule has 0 aliphatic carbocycles. The maximum Gasteiger partial charge on any atom is 0.243 e. The van der Waals surface area contributed by atoms with Crippen molar-refractivity contribution in [1.29, 1.82) is 0 Å². The van der Waals surface area contributed by atoms with Crippen LogP contribution < -0.4 is 9.47 Å². The molecule has 1 aliphatic rings. The maximum atomic E-state index is 13.0. The van der Waals surface area contributed by atoms with Crippen LogP contribution in [0.4, 0.5) is 0 Å². The van der Waals surface area contributed by atoms with Crippen molar-refractivity contribution in [2.75, 3.05) is 27.3 Å². The van der Waals surface area contributed by atoms with E-state index in [4.69, 9.17) is 25.6 Å². The van der Waals surface area contributed by atoms with Gasteiger partial charge in [-0.1, -0.05) is 16.8 Å². The van der Waals surface area contributed by atoms with E-state index in [1.165, 1.54) is 16.4 Å². The lowest BCUT2D eigenvalue weighted by molar-refractivity contribution is 0.265.